The first-order chi connectivity index (χ1) is 18.0. The summed E-state index contributed by atoms with van der Waals surface area (Å²) >= 11 is 0. The molecule has 3 aromatic rings. The van der Waals surface area contributed by atoms with E-state index < -0.39 is 40.9 Å². The summed E-state index contributed by atoms with van der Waals surface area (Å²) in [6.07, 6.45) is -1.99. The SMILES string of the molecule is COc1cc2nccc(Oc3ccc(N(C(=O)C4(C(N)=O)CC4)C4CC4)c(C(F)(F)F)c3)c2cc1C(N)=O. The minimum absolute atomic E-state index is 0.0474. The zero-order valence-corrected chi connectivity index (χ0v) is 20.2. The number of alkyl halides is 3. The maximum Gasteiger partial charge on any atom is 0.418 e. The number of carbonyl (C=O) groups excluding carboxylic acids is 3. The standard InChI is InChI=1S/C26H23F3N4O5/c1-37-21-12-18-15(11-16(21)22(30)34)20(6-9-32-18)38-14-4-5-19(17(10-14)26(27,28)29)33(13-2-3-13)24(36)25(7-8-25)23(31)35/h4-6,9-13H,2-3,7-8H2,1H3,(H2,30,34)(H2,31,35). The minimum Gasteiger partial charge on any atom is -0.496 e. The van der Waals surface area contributed by atoms with E-state index in [0.29, 0.717) is 23.7 Å². The van der Waals surface area contributed by atoms with Crippen molar-refractivity contribution >= 4 is 34.3 Å². The average Bonchev–Trinajstić information content (AvgIpc) is 3.78. The number of aromatic nitrogens is 1. The van der Waals surface area contributed by atoms with E-state index in [9.17, 15) is 27.6 Å². The second-order valence-corrected chi connectivity index (χ2v) is 9.37. The number of hydrogen-bond donors (Lipinski definition) is 2. The Labute approximate surface area is 214 Å². The van der Waals surface area contributed by atoms with Gasteiger partial charge in [0, 0.05) is 23.7 Å². The van der Waals surface area contributed by atoms with Crippen LogP contribution in [0.5, 0.6) is 17.2 Å². The Hall–Kier alpha value is -4.35. The number of anilines is 1. The van der Waals surface area contributed by atoms with Crippen LogP contribution in [0.2, 0.25) is 0 Å². The number of amides is 3. The Balaban J connectivity index is 1.56. The number of halogens is 3. The van der Waals surface area contributed by atoms with Gasteiger partial charge in [-0.25, -0.2) is 0 Å². The van der Waals surface area contributed by atoms with Gasteiger partial charge in [0.25, 0.3) is 5.91 Å². The normalized spacial score (nSPS) is 16.1. The zero-order valence-electron chi connectivity index (χ0n) is 20.2. The van der Waals surface area contributed by atoms with Crippen molar-refractivity contribution in [1.29, 1.82) is 0 Å². The van der Waals surface area contributed by atoms with E-state index in [1.165, 1.54) is 37.6 Å². The lowest BCUT2D eigenvalue weighted by atomic mass is 10.0. The van der Waals surface area contributed by atoms with Gasteiger partial charge in [0.05, 0.1) is 29.4 Å². The van der Waals surface area contributed by atoms with Crippen molar-refractivity contribution in [3.05, 3.63) is 53.7 Å². The predicted molar refractivity (Wildman–Crippen MR) is 130 cm³/mol. The van der Waals surface area contributed by atoms with E-state index in [2.05, 4.69) is 4.98 Å². The fourth-order valence-electron chi connectivity index (χ4n) is 4.47. The number of hydrogen-bond acceptors (Lipinski definition) is 6. The van der Waals surface area contributed by atoms with Crippen molar-refractivity contribution in [3.63, 3.8) is 0 Å². The molecule has 2 aromatic carbocycles. The highest BCUT2D eigenvalue weighted by Gasteiger charge is 2.59. The molecule has 0 radical (unpaired) electrons. The van der Waals surface area contributed by atoms with Crippen LogP contribution in [-0.2, 0) is 15.8 Å². The first-order valence-corrected chi connectivity index (χ1v) is 11.8. The third-order valence-corrected chi connectivity index (χ3v) is 6.81. The number of rotatable bonds is 8. The van der Waals surface area contributed by atoms with E-state index in [1.54, 1.807) is 0 Å². The van der Waals surface area contributed by atoms with Crippen molar-refractivity contribution in [3.8, 4) is 17.2 Å². The number of ether oxygens (including phenoxy) is 2. The van der Waals surface area contributed by atoms with Crippen LogP contribution in [0.15, 0.2) is 42.6 Å². The molecule has 38 heavy (non-hydrogen) atoms. The Morgan fingerprint density at radius 3 is 2.32 bits per heavy atom. The summed E-state index contributed by atoms with van der Waals surface area (Å²) in [5.74, 6) is -2.16. The average molecular weight is 528 g/mol. The molecule has 0 spiro atoms. The molecule has 0 unspecified atom stereocenters. The second-order valence-electron chi connectivity index (χ2n) is 9.37. The maximum absolute atomic E-state index is 14.3. The molecule has 0 aliphatic heterocycles. The van der Waals surface area contributed by atoms with Crippen LogP contribution in [-0.4, -0.2) is 35.9 Å². The van der Waals surface area contributed by atoms with Crippen molar-refractivity contribution in [1.82, 2.24) is 4.98 Å². The predicted octanol–water partition coefficient (Wildman–Crippen LogP) is 3.91. The van der Waals surface area contributed by atoms with Gasteiger partial charge in [0.15, 0.2) is 0 Å². The molecule has 5 rings (SSSR count). The van der Waals surface area contributed by atoms with Crippen LogP contribution in [0.25, 0.3) is 10.9 Å². The molecule has 1 aromatic heterocycles. The quantitative estimate of drug-likeness (QED) is 0.425. The number of fused-ring (bicyclic) bond motifs is 1. The molecule has 3 amide bonds. The molecule has 0 bridgehead atoms. The van der Waals surface area contributed by atoms with Crippen LogP contribution < -0.4 is 25.8 Å². The minimum atomic E-state index is -4.83. The number of benzene rings is 2. The fraction of sp³-hybridized carbons (Fsp3) is 0.308. The highest BCUT2D eigenvalue weighted by molar-refractivity contribution is 6.14. The lowest BCUT2D eigenvalue weighted by Gasteiger charge is -2.29. The summed E-state index contributed by atoms with van der Waals surface area (Å²) in [6.45, 7) is 0. The van der Waals surface area contributed by atoms with Crippen molar-refractivity contribution in [2.45, 2.75) is 37.9 Å². The Bertz CT molecular complexity index is 1480. The summed E-state index contributed by atoms with van der Waals surface area (Å²) < 4.78 is 53.8. The molecular weight excluding hydrogens is 505 g/mol. The van der Waals surface area contributed by atoms with E-state index in [-0.39, 0.29) is 41.3 Å². The maximum atomic E-state index is 14.3. The van der Waals surface area contributed by atoms with Crippen LogP contribution in [0.1, 0.15) is 41.6 Å². The molecule has 2 aliphatic rings. The monoisotopic (exact) mass is 528 g/mol. The second kappa shape index (κ2) is 8.89. The lowest BCUT2D eigenvalue weighted by molar-refractivity contribution is -0.137. The molecule has 1 heterocycles. The fourth-order valence-corrected chi connectivity index (χ4v) is 4.47. The molecule has 12 heteroatoms. The van der Waals surface area contributed by atoms with Gasteiger partial charge in [-0.05, 0) is 56.0 Å². The van der Waals surface area contributed by atoms with Crippen LogP contribution >= 0.6 is 0 Å². The van der Waals surface area contributed by atoms with Gasteiger partial charge in [0.2, 0.25) is 11.8 Å². The van der Waals surface area contributed by atoms with E-state index in [1.807, 2.05) is 0 Å². The largest absolute Gasteiger partial charge is 0.496 e. The zero-order chi connectivity index (χ0) is 27.4. The first-order valence-electron chi connectivity index (χ1n) is 11.8. The van der Waals surface area contributed by atoms with E-state index >= 15 is 0 Å². The molecule has 9 nitrogen and oxygen atoms in total. The summed E-state index contributed by atoms with van der Waals surface area (Å²) in [5.41, 5.74) is 8.37. The van der Waals surface area contributed by atoms with E-state index in [4.69, 9.17) is 20.9 Å². The summed E-state index contributed by atoms with van der Waals surface area (Å²) in [5, 5.41) is 0.326. The summed E-state index contributed by atoms with van der Waals surface area (Å²) in [6, 6.07) is 7.12. The third-order valence-electron chi connectivity index (χ3n) is 6.81. The van der Waals surface area contributed by atoms with Gasteiger partial charge < -0.3 is 25.8 Å². The Morgan fingerprint density at radius 1 is 1.05 bits per heavy atom. The van der Waals surface area contributed by atoms with Crippen molar-refractivity contribution < 1.29 is 37.0 Å². The van der Waals surface area contributed by atoms with E-state index in [0.717, 1.165) is 17.0 Å². The number of pyridine rings is 1. The van der Waals surface area contributed by atoms with Crippen molar-refractivity contribution in [2.24, 2.45) is 16.9 Å². The first kappa shape index (κ1) is 25.3. The Kier molecular flexibility index (Phi) is 5.92. The van der Waals surface area contributed by atoms with Gasteiger partial charge in [-0.3, -0.25) is 19.4 Å². The molecule has 2 aliphatic carbocycles. The summed E-state index contributed by atoms with van der Waals surface area (Å²) in [4.78, 5) is 42.4. The molecule has 0 atom stereocenters. The highest BCUT2D eigenvalue weighted by atomic mass is 19.4. The molecule has 0 saturated heterocycles. The van der Waals surface area contributed by atoms with Gasteiger partial charge >= 0.3 is 6.18 Å². The lowest BCUT2D eigenvalue weighted by Crippen LogP contribution is -2.45. The number of primary amides is 2. The molecule has 198 valence electrons. The van der Waals surface area contributed by atoms with Crippen LogP contribution in [0.3, 0.4) is 0 Å². The Morgan fingerprint density at radius 2 is 1.76 bits per heavy atom. The number of carbonyl (C=O) groups is 3. The van der Waals surface area contributed by atoms with Crippen LogP contribution in [0, 0.1) is 5.41 Å². The van der Waals surface area contributed by atoms with Gasteiger partial charge in [-0.2, -0.15) is 13.2 Å². The van der Waals surface area contributed by atoms with Crippen LogP contribution in [0.4, 0.5) is 18.9 Å². The number of methoxy groups -OCH3 is 1. The van der Waals surface area contributed by atoms with Gasteiger partial charge in [-0.1, -0.05) is 0 Å². The number of nitrogens with two attached hydrogens (primary N) is 2. The highest BCUT2D eigenvalue weighted by Crippen LogP contribution is 2.51. The topological polar surface area (TPSA) is 138 Å². The van der Waals surface area contributed by atoms with Crippen molar-refractivity contribution in [2.75, 3.05) is 12.0 Å². The third kappa shape index (κ3) is 4.35. The molecular formula is C26H23F3N4O5. The van der Waals surface area contributed by atoms with Gasteiger partial charge in [0.1, 0.15) is 22.7 Å². The number of nitrogens with zero attached hydrogens (tertiary/aromatic N) is 2. The smallest absolute Gasteiger partial charge is 0.418 e. The summed E-state index contributed by atoms with van der Waals surface area (Å²) in [7, 11) is 1.36. The molecule has 2 fully saturated rings. The van der Waals surface area contributed by atoms with Gasteiger partial charge in [-0.15, -0.1) is 0 Å². The molecule has 2 saturated carbocycles. The molecule has 4 N–H and O–H groups in total.